The van der Waals surface area contributed by atoms with Crippen LogP contribution in [0.3, 0.4) is 0 Å². The second-order valence-corrected chi connectivity index (χ2v) is 5.30. The topological polar surface area (TPSA) is 82.3 Å². The number of nitrogens with zero attached hydrogens (tertiary/aromatic N) is 1. The van der Waals surface area contributed by atoms with Crippen molar-refractivity contribution in [2.45, 2.75) is 19.6 Å². The Balaban J connectivity index is 2.01. The molecule has 0 radical (unpaired) electrons. The zero-order valence-electron chi connectivity index (χ0n) is 13.1. The third-order valence-corrected chi connectivity index (χ3v) is 3.21. The number of benzene rings is 2. The highest BCUT2D eigenvalue weighted by Gasteiger charge is 2.08. The molecule has 1 atom stereocenters. The van der Waals surface area contributed by atoms with Crippen LogP contribution < -0.4 is 10.1 Å². The Labute approximate surface area is 139 Å². The molecular formula is C18H17FN2O3. The van der Waals surface area contributed by atoms with Crippen LogP contribution in [0.2, 0.25) is 0 Å². The molecule has 0 saturated heterocycles. The molecule has 0 fully saturated rings. The molecule has 0 heterocycles. The lowest BCUT2D eigenvalue weighted by atomic mass is 10.1. The van der Waals surface area contributed by atoms with Gasteiger partial charge in [0.25, 0.3) is 5.91 Å². The van der Waals surface area contributed by atoms with Crippen molar-refractivity contribution in [2.75, 3.05) is 6.54 Å². The number of rotatable bonds is 6. The monoisotopic (exact) mass is 328 g/mol. The van der Waals surface area contributed by atoms with Gasteiger partial charge in [-0.15, -0.1) is 0 Å². The van der Waals surface area contributed by atoms with E-state index < -0.39 is 11.9 Å². The predicted octanol–water partition coefficient (Wildman–Crippen LogP) is 2.39. The minimum Gasteiger partial charge on any atom is -0.489 e. The highest BCUT2D eigenvalue weighted by molar-refractivity contribution is 5.94. The Morgan fingerprint density at radius 3 is 2.83 bits per heavy atom. The number of nitriles is 1. The molecule has 2 rings (SSSR count). The molecule has 0 bridgehead atoms. The van der Waals surface area contributed by atoms with Gasteiger partial charge < -0.3 is 15.2 Å². The number of carbonyl (C=O) groups is 1. The molecule has 2 aromatic rings. The lowest BCUT2D eigenvalue weighted by molar-refractivity contribution is 0.0923. The fourth-order valence-electron chi connectivity index (χ4n) is 1.98. The molecule has 2 aromatic carbocycles. The van der Waals surface area contributed by atoms with Gasteiger partial charge >= 0.3 is 0 Å². The SMILES string of the molecule is CC(O)CNC(=O)c1cccc(OCc2ccc(C#N)c(F)c2)c1. The first-order chi connectivity index (χ1) is 11.5. The van der Waals surface area contributed by atoms with E-state index in [0.29, 0.717) is 16.9 Å². The maximum Gasteiger partial charge on any atom is 0.251 e. The van der Waals surface area contributed by atoms with Crippen LogP contribution in [0.1, 0.15) is 28.4 Å². The smallest absolute Gasteiger partial charge is 0.251 e. The number of hydrogen-bond donors (Lipinski definition) is 2. The van der Waals surface area contributed by atoms with Crippen molar-refractivity contribution in [2.24, 2.45) is 0 Å². The first-order valence-corrected chi connectivity index (χ1v) is 7.37. The summed E-state index contributed by atoms with van der Waals surface area (Å²) in [7, 11) is 0. The van der Waals surface area contributed by atoms with E-state index in [4.69, 9.17) is 10.00 Å². The summed E-state index contributed by atoms with van der Waals surface area (Å²) in [6.07, 6.45) is -0.625. The fourth-order valence-corrected chi connectivity index (χ4v) is 1.98. The molecule has 1 unspecified atom stereocenters. The van der Waals surface area contributed by atoms with Crippen LogP contribution in [-0.2, 0) is 6.61 Å². The number of ether oxygens (including phenoxy) is 1. The standard InChI is InChI=1S/C18H17FN2O3/c1-12(22)10-21-18(23)14-3-2-4-16(8-14)24-11-13-5-6-15(9-20)17(19)7-13/h2-8,12,22H,10-11H2,1H3,(H,21,23). The van der Waals surface area contributed by atoms with E-state index in [9.17, 15) is 14.3 Å². The summed E-state index contributed by atoms with van der Waals surface area (Å²) in [5.74, 6) is -0.444. The molecule has 0 aliphatic heterocycles. The van der Waals surface area contributed by atoms with Gasteiger partial charge in [-0.25, -0.2) is 4.39 Å². The van der Waals surface area contributed by atoms with Crippen molar-refractivity contribution in [1.82, 2.24) is 5.32 Å². The fraction of sp³-hybridized carbons (Fsp3) is 0.222. The van der Waals surface area contributed by atoms with Gasteiger partial charge in [-0.2, -0.15) is 5.26 Å². The predicted molar refractivity (Wildman–Crippen MR) is 85.9 cm³/mol. The largest absolute Gasteiger partial charge is 0.489 e. The lowest BCUT2D eigenvalue weighted by Gasteiger charge is -2.10. The van der Waals surface area contributed by atoms with Crippen LogP contribution in [0.15, 0.2) is 42.5 Å². The third-order valence-electron chi connectivity index (χ3n) is 3.21. The normalized spacial score (nSPS) is 11.4. The van der Waals surface area contributed by atoms with Gasteiger partial charge in [0, 0.05) is 12.1 Å². The Kier molecular flexibility index (Phi) is 5.88. The van der Waals surface area contributed by atoms with Crippen LogP contribution in [0.5, 0.6) is 5.75 Å². The third kappa shape index (κ3) is 4.80. The van der Waals surface area contributed by atoms with Gasteiger partial charge in [0.2, 0.25) is 0 Å². The molecule has 0 aliphatic carbocycles. The Morgan fingerprint density at radius 2 is 2.17 bits per heavy atom. The summed E-state index contributed by atoms with van der Waals surface area (Å²) >= 11 is 0. The minimum absolute atomic E-state index is 0.0180. The number of nitrogens with one attached hydrogen (secondary N) is 1. The van der Waals surface area contributed by atoms with E-state index in [1.54, 1.807) is 43.3 Å². The molecule has 0 saturated carbocycles. The summed E-state index contributed by atoms with van der Waals surface area (Å²) < 4.78 is 19.1. The zero-order chi connectivity index (χ0) is 17.5. The van der Waals surface area contributed by atoms with Gasteiger partial charge in [0.15, 0.2) is 0 Å². The van der Waals surface area contributed by atoms with Gasteiger partial charge in [-0.1, -0.05) is 12.1 Å². The van der Waals surface area contributed by atoms with Crippen molar-refractivity contribution in [3.63, 3.8) is 0 Å². The van der Waals surface area contributed by atoms with Crippen LogP contribution in [0, 0.1) is 17.1 Å². The Morgan fingerprint density at radius 1 is 1.38 bits per heavy atom. The summed E-state index contributed by atoms with van der Waals surface area (Å²) in [4.78, 5) is 11.9. The zero-order valence-corrected chi connectivity index (χ0v) is 13.1. The molecule has 2 N–H and O–H groups in total. The number of carbonyl (C=O) groups excluding carboxylic acids is 1. The molecule has 0 aromatic heterocycles. The van der Waals surface area contributed by atoms with E-state index in [0.717, 1.165) is 0 Å². The molecule has 1 amide bonds. The Hall–Kier alpha value is -2.91. The summed E-state index contributed by atoms with van der Waals surface area (Å²) in [5, 5.41) is 20.5. The lowest BCUT2D eigenvalue weighted by Crippen LogP contribution is -2.30. The van der Waals surface area contributed by atoms with E-state index in [-0.39, 0.29) is 24.6 Å². The molecule has 0 spiro atoms. The van der Waals surface area contributed by atoms with Crippen molar-refractivity contribution in [3.05, 3.63) is 65.0 Å². The van der Waals surface area contributed by atoms with Crippen molar-refractivity contribution in [1.29, 1.82) is 5.26 Å². The summed E-state index contributed by atoms with van der Waals surface area (Å²) in [6, 6.07) is 12.6. The van der Waals surface area contributed by atoms with Crippen molar-refractivity contribution in [3.8, 4) is 11.8 Å². The van der Waals surface area contributed by atoms with E-state index in [1.165, 1.54) is 12.1 Å². The maximum atomic E-state index is 13.5. The molecule has 124 valence electrons. The highest BCUT2D eigenvalue weighted by Crippen LogP contribution is 2.16. The van der Waals surface area contributed by atoms with Gasteiger partial charge in [-0.05, 0) is 42.8 Å². The van der Waals surface area contributed by atoms with E-state index in [2.05, 4.69) is 5.32 Å². The van der Waals surface area contributed by atoms with Gasteiger partial charge in [0.05, 0.1) is 11.7 Å². The van der Waals surface area contributed by atoms with Crippen LogP contribution >= 0.6 is 0 Å². The molecular weight excluding hydrogens is 311 g/mol. The number of aliphatic hydroxyl groups excluding tert-OH is 1. The molecule has 24 heavy (non-hydrogen) atoms. The van der Waals surface area contributed by atoms with Crippen molar-refractivity contribution < 1.29 is 19.0 Å². The highest BCUT2D eigenvalue weighted by atomic mass is 19.1. The quantitative estimate of drug-likeness (QED) is 0.853. The average Bonchev–Trinajstić information content (AvgIpc) is 2.58. The molecule has 5 nitrogen and oxygen atoms in total. The van der Waals surface area contributed by atoms with Crippen molar-refractivity contribution >= 4 is 5.91 Å². The van der Waals surface area contributed by atoms with Crippen LogP contribution in [-0.4, -0.2) is 23.7 Å². The van der Waals surface area contributed by atoms with Crippen LogP contribution in [0.4, 0.5) is 4.39 Å². The number of aliphatic hydroxyl groups is 1. The summed E-state index contributed by atoms with van der Waals surface area (Å²) in [6.45, 7) is 1.85. The molecule has 0 aliphatic rings. The first kappa shape index (κ1) is 17.4. The van der Waals surface area contributed by atoms with Crippen LogP contribution in [0.25, 0.3) is 0 Å². The van der Waals surface area contributed by atoms with E-state index >= 15 is 0 Å². The Bertz CT molecular complexity index is 769. The number of amides is 1. The van der Waals surface area contributed by atoms with Gasteiger partial charge in [0.1, 0.15) is 24.2 Å². The second kappa shape index (κ2) is 8.09. The van der Waals surface area contributed by atoms with E-state index in [1.807, 2.05) is 0 Å². The maximum absolute atomic E-state index is 13.5. The van der Waals surface area contributed by atoms with Gasteiger partial charge in [-0.3, -0.25) is 4.79 Å². The average molecular weight is 328 g/mol. The molecule has 6 heteroatoms. The summed E-state index contributed by atoms with van der Waals surface area (Å²) in [5.41, 5.74) is 0.963. The minimum atomic E-state index is -0.625. The first-order valence-electron chi connectivity index (χ1n) is 7.37. The second-order valence-electron chi connectivity index (χ2n) is 5.30. The number of halogens is 1. The number of hydrogen-bond acceptors (Lipinski definition) is 4.